The first-order chi connectivity index (χ1) is 16.0. The standard InChI is InChI=1S/C27H29N3O3/c1-20(2)23-9-11-24(12-10-23)29-27(32)19-30(25-7-3-5-21(15-25)17-28)18-22-6-4-8-26(16-22)33-14-13-31/h3-12,15-16,20,31H,13-14,18-19H2,1-2H3,(H,29,32). The van der Waals surface area contributed by atoms with Gasteiger partial charge in [0.1, 0.15) is 12.4 Å². The van der Waals surface area contributed by atoms with E-state index in [4.69, 9.17) is 9.84 Å². The molecule has 0 bridgehead atoms. The number of aliphatic hydroxyl groups excluding tert-OH is 1. The first-order valence-corrected chi connectivity index (χ1v) is 11.0. The van der Waals surface area contributed by atoms with Gasteiger partial charge in [0.25, 0.3) is 0 Å². The van der Waals surface area contributed by atoms with Gasteiger partial charge in [0.05, 0.1) is 24.8 Å². The molecule has 0 aliphatic rings. The van der Waals surface area contributed by atoms with Crippen LogP contribution in [0.4, 0.5) is 11.4 Å². The molecule has 0 aliphatic carbocycles. The molecular formula is C27H29N3O3. The molecule has 3 aromatic carbocycles. The average Bonchev–Trinajstić information content (AvgIpc) is 2.83. The molecule has 3 aromatic rings. The minimum absolute atomic E-state index is 0.0599. The SMILES string of the molecule is CC(C)c1ccc(NC(=O)CN(Cc2cccc(OCCO)c2)c2cccc(C#N)c2)cc1. The van der Waals surface area contributed by atoms with Crippen molar-refractivity contribution >= 4 is 17.3 Å². The van der Waals surface area contributed by atoms with Gasteiger partial charge in [-0.1, -0.05) is 44.2 Å². The van der Waals surface area contributed by atoms with Crippen LogP contribution in [0, 0.1) is 11.3 Å². The number of anilines is 2. The van der Waals surface area contributed by atoms with Crippen LogP contribution < -0.4 is 15.0 Å². The molecule has 0 aliphatic heterocycles. The van der Waals surface area contributed by atoms with E-state index in [0.717, 1.165) is 16.9 Å². The van der Waals surface area contributed by atoms with E-state index < -0.39 is 0 Å². The molecule has 33 heavy (non-hydrogen) atoms. The predicted molar refractivity (Wildman–Crippen MR) is 130 cm³/mol. The van der Waals surface area contributed by atoms with E-state index in [1.807, 2.05) is 65.6 Å². The highest BCUT2D eigenvalue weighted by Crippen LogP contribution is 2.22. The van der Waals surface area contributed by atoms with Gasteiger partial charge in [-0.2, -0.15) is 5.26 Å². The van der Waals surface area contributed by atoms with Gasteiger partial charge in [0.15, 0.2) is 0 Å². The number of hydrogen-bond donors (Lipinski definition) is 2. The zero-order valence-corrected chi connectivity index (χ0v) is 19.0. The number of rotatable bonds is 10. The largest absolute Gasteiger partial charge is 0.491 e. The van der Waals surface area contributed by atoms with Gasteiger partial charge in [0, 0.05) is 17.9 Å². The van der Waals surface area contributed by atoms with Gasteiger partial charge >= 0.3 is 0 Å². The van der Waals surface area contributed by atoms with Gasteiger partial charge in [-0.15, -0.1) is 0 Å². The highest BCUT2D eigenvalue weighted by molar-refractivity contribution is 5.94. The number of hydrogen-bond acceptors (Lipinski definition) is 5. The van der Waals surface area contributed by atoms with Crippen molar-refractivity contribution in [2.24, 2.45) is 0 Å². The molecule has 0 heterocycles. The molecule has 0 unspecified atom stereocenters. The highest BCUT2D eigenvalue weighted by atomic mass is 16.5. The Morgan fingerprint density at radius 2 is 1.85 bits per heavy atom. The Hall–Kier alpha value is -3.82. The van der Waals surface area contributed by atoms with E-state index in [0.29, 0.717) is 23.8 Å². The second-order valence-electron chi connectivity index (χ2n) is 8.06. The van der Waals surface area contributed by atoms with Crippen molar-refractivity contribution in [1.82, 2.24) is 0 Å². The van der Waals surface area contributed by atoms with Gasteiger partial charge in [-0.05, 0) is 59.5 Å². The predicted octanol–water partition coefficient (Wildman–Crippen LogP) is 4.70. The molecule has 0 fully saturated rings. The number of amides is 1. The summed E-state index contributed by atoms with van der Waals surface area (Å²) in [6, 6.07) is 24.8. The maximum Gasteiger partial charge on any atom is 0.243 e. The summed E-state index contributed by atoms with van der Waals surface area (Å²) in [5.74, 6) is 0.930. The molecule has 0 radical (unpaired) electrons. The summed E-state index contributed by atoms with van der Waals surface area (Å²) < 4.78 is 5.52. The molecule has 6 nitrogen and oxygen atoms in total. The lowest BCUT2D eigenvalue weighted by atomic mass is 10.0. The minimum atomic E-state index is -0.151. The summed E-state index contributed by atoms with van der Waals surface area (Å²) >= 11 is 0. The van der Waals surface area contributed by atoms with E-state index in [2.05, 4.69) is 25.2 Å². The number of carbonyl (C=O) groups is 1. The molecular weight excluding hydrogens is 414 g/mol. The molecule has 0 saturated carbocycles. The van der Waals surface area contributed by atoms with Crippen molar-refractivity contribution < 1.29 is 14.6 Å². The van der Waals surface area contributed by atoms with E-state index in [1.54, 1.807) is 12.1 Å². The van der Waals surface area contributed by atoms with Crippen LogP contribution in [0.1, 0.15) is 36.5 Å². The summed E-state index contributed by atoms with van der Waals surface area (Å²) in [6.45, 7) is 4.98. The van der Waals surface area contributed by atoms with Crippen LogP contribution in [0.3, 0.4) is 0 Å². The van der Waals surface area contributed by atoms with E-state index >= 15 is 0 Å². The fourth-order valence-electron chi connectivity index (χ4n) is 3.45. The molecule has 6 heteroatoms. The van der Waals surface area contributed by atoms with Crippen LogP contribution in [-0.4, -0.2) is 30.8 Å². The van der Waals surface area contributed by atoms with Gasteiger partial charge < -0.3 is 20.1 Å². The number of nitriles is 1. The molecule has 3 rings (SSSR count). The van der Waals surface area contributed by atoms with Crippen molar-refractivity contribution in [1.29, 1.82) is 5.26 Å². The lowest BCUT2D eigenvalue weighted by Gasteiger charge is -2.25. The number of nitrogens with zero attached hydrogens (tertiary/aromatic N) is 2. The normalized spacial score (nSPS) is 10.5. The first-order valence-electron chi connectivity index (χ1n) is 11.0. The molecule has 170 valence electrons. The summed E-state index contributed by atoms with van der Waals surface area (Å²) in [5.41, 5.74) is 4.21. The molecule has 2 N–H and O–H groups in total. The van der Waals surface area contributed by atoms with Crippen LogP contribution in [-0.2, 0) is 11.3 Å². The highest BCUT2D eigenvalue weighted by Gasteiger charge is 2.14. The van der Waals surface area contributed by atoms with E-state index in [-0.39, 0.29) is 25.7 Å². The lowest BCUT2D eigenvalue weighted by molar-refractivity contribution is -0.115. The van der Waals surface area contributed by atoms with Crippen LogP contribution in [0.15, 0.2) is 72.8 Å². The monoisotopic (exact) mass is 443 g/mol. The Kier molecular flexibility index (Phi) is 8.45. The Bertz CT molecular complexity index is 1100. The molecule has 0 spiro atoms. The van der Waals surface area contributed by atoms with Crippen molar-refractivity contribution in [3.05, 3.63) is 89.5 Å². The minimum Gasteiger partial charge on any atom is -0.491 e. The van der Waals surface area contributed by atoms with Crippen LogP contribution in [0.5, 0.6) is 5.75 Å². The topological polar surface area (TPSA) is 85.6 Å². The number of nitrogens with one attached hydrogen (secondary N) is 1. The van der Waals surface area contributed by atoms with Crippen LogP contribution in [0.25, 0.3) is 0 Å². The Balaban J connectivity index is 1.78. The third-order valence-corrected chi connectivity index (χ3v) is 5.17. The summed E-state index contributed by atoms with van der Waals surface area (Å²) in [5, 5.41) is 21.3. The number of ether oxygens (including phenoxy) is 1. The van der Waals surface area contributed by atoms with Gasteiger partial charge in [-0.25, -0.2) is 0 Å². The number of benzene rings is 3. The molecule has 0 saturated heterocycles. The summed E-state index contributed by atoms with van der Waals surface area (Å²) in [4.78, 5) is 14.8. The quantitative estimate of drug-likeness (QED) is 0.474. The Labute approximate surface area is 195 Å². The Morgan fingerprint density at radius 1 is 1.09 bits per heavy atom. The van der Waals surface area contributed by atoms with Crippen molar-refractivity contribution in [2.45, 2.75) is 26.3 Å². The van der Waals surface area contributed by atoms with Crippen molar-refractivity contribution in [3.8, 4) is 11.8 Å². The van der Waals surface area contributed by atoms with Crippen LogP contribution >= 0.6 is 0 Å². The maximum atomic E-state index is 12.9. The fraction of sp³-hybridized carbons (Fsp3) is 0.259. The zero-order chi connectivity index (χ0) is 23.6. The second kappa shape index (κ2) is 11.7. The second-order valence-corrected chi connectivity index (χ2v) is 8.06. The first kappa shape index (κ1) is 23.8. The Morgan fingerprint density at radius 3 is 2.55 bits per heavy atom. The fourth-order valence-corrected chi connectivity index (χ4v) is 3.45. The number of aliphatic hydroxyl groups is 1. The molecule has 0 atom stereocenters. The van der Waals surface area contributed by atoms with Gasteiger partial charge in [-0.3, -0.25) is 4.79 Å². The van der Waals surface area contributed by atoms with Crippen molar-refractivity contribution in [3.63, 3.8) is 0 Å². The zero-order valence-electron chi connectivity index (χ0n) is 19.0. The van der Waals surface area contributed by atoms with E-state index in [1.165, 1.54) is 5.56 Å². The average molecular weight is 444 g/mol. The maximum absolute atomic E-state index is 12.9. The molecule has 1 amide bonds. The van der Waals surface area contributed by atoms with E-state index in [9.17, 15) is 10.1 Å². The summed E-state index contributed by atoms with van der Waals surface area (Å²) in [7, 11) is 0. The smallest absolute Gasteiger partial charge is 0.243 e. The van der Waals surface area contributed by atoms with Crippen LogP contribution in [0.2, 0.25) is 0 Å². The number of carbonyl (C=O) groups excluding carboxylic acids is 1. The molecule has 0 aromatic heterocycles. The van der Waals surface area contributed by atoms with Crippen molar-refractivity contribution in [2.75, 3.05) is 30.0 Å². The third kappa shape index (κ3) is 7.09. The summed E-state index contributed by atoms with van der Waals surface area (Å²) in [6.07, 6.45) is 0. The lowest BCUT2D eigenvalue weighted by Crippen LogP contribution is -2.33. The third-order valence-electron chi connectivity index (χ3n) is 5.17. The van der Waals surface area contributed by atoms with Gasteiger partial charge in [0.2, 0.25) is 5.91 Å².